The third-order valence-electron chi connectivity index (χ3n) is 3.88. The average molecular weight is 354 g/mol. The van der Waals surface area contributed by atoms with Crippen LogP contribution in [-0.4, -0.2) is 16.1 Å². The van der Waals surface area contributed by atoms with Gasteiger partial charge in [0.25, 0.3) is 0 Å². The lowest BCUT2D eigenvalue weighted by Crippen LogP contribution is -2.25. The van der Waals surface area contributed by atoms with Crippen LogP contribution in [0.3, 0.4) is 0 Å². The summed E-state index contributed by atoms with van der Waals surface area (Å²) in [5.41, 5.74) is 1.53. The molecular formula is C15H20BrN3S. The molecule has 108 valence electrons. The van der Waals surface area contributed by atoms with Gasteiger partial charge in [0, 0.05) is 29.9 Å². The largest absolute Gasteiger partial charge is 0.337 e. The van der Waals surface area contributed by atoms with Crippen LogP contribution in [0.5, 0.6) is 0 Å². The van der Waals surface area contributed by atoms with Crippen molar-refractivity contribution < 1.29 is 0 Å². The summed E-state index contributed by atoms with van der Waals surface area (Å²) in [6.45, 7) is 2.17. The highest BCUT2D eigenvalue weighted by atomic mass is 79.9. The van der Waals surface area contributed by atoms with E-state index in [9.17, 15) is 0 Å². The van der Waals surface area contributed by atoms with Gasteiger partial charge >= 0.3 is 0 Å². The Morgan fingerprint density at radius 3 is 3.25 bits per heavy atom. The Morgan fingerprint density at radius 1 is 1.45 bits per heavy atom. The number of fused-ring (bicyclic) bond motifs is 1. The molecule has 3 rings (SSSR count). The molecule has 0 radical (unpaired) electrons. The molecule has 0 fully saturated rings. The molecular weight excluding hydrogens is 334 g/mol. The van der Waals surface area contributed by atoms with Gasteiger partial charge in [-0.1, -0.05) is 0 Å². The Morgan fingerprint density at radius 2 is 2.40 bits per heavy atom. The minimum atomic E-state index is 0.564. The molecule has 1 aliphatic carbocycles. The molecule has 0 saturated carbocycles. The Bertz CT molecular complexity index is 535. The molecule has 0 spiro atoms. The van der Waals surface area contributed by atoms with E-state index in [1.54, 1.807) is 4.88 Å². The Balaban J connectivity index is 1.43. The predicted molar refractivity (Wildman–Crippen MR) is 87.2 cm³/mol. The molecule has 2 aromatic heterocycles. The predicted octanol–water partition coefficient (Wildman–Crippen LogP) is 4.15. The molecule has 0 amide bonds. The Kier molecular flexibility index (Phi) is 4.91. The first-order chi connectivity index (χ1) is 9.83. The number of rotatable bonds is 6. The summed E-state index contributed by atoms with van der Waals surface area (Å²) in [6, 6.07) is 2.87. The van der Waals surface area contributed by atoms with E-state index >= 15 is 0 Å². The smallest absolute Gasteiger partial charge is 0.0945 e. The van der Waals surface area contributed by atoms with E-state index < -0.39 is 0 Å². The number of imidazole rings is 1. The van der Waals surface area contributed by atoms with Gasteiger partial charge < -0.3 is 9.88 Å². The maximum absolute atomic E-state index is 4.07. The normalized spacial score (nSPS) is 18.1. The second-order valence-corrected chi connectivity index (χ2v) is 7.85. The van der Waals surface area contributed by atoms with Crippen molar-refractivity contribution in [3.8, 4) is 0 Å². The molecule has 3 nitrogen and oxygen atoms in total. The van der Waals surface area contributed by atoms with Crippen LogP contribution in [0.15, 0.2) is 28.6 Å². The van der Waals surface area contributed by atoms with E-state index in [0.29, 0.717) is 6.04 Å². The maximum atomic E-state index is 4.07. The highest BCUT2D eigenvalue weighted by Gasteiger charge is 2.21. The van der Waals surface area contributed by atoms with Crippen LogP contribution in [0, 0.1) is 0 Å². The monoisotopic (exact) mass is 353 g/mol. The van der Waals surface area contributed by atoms with Crippen molar-refractivity contribution in [1.29, 1.82) is 0 Å². The Hall–Kier alpha value is -0.650. The van der Waals surface area contributed by atoms with Gasteiger partial charge in [0.15, 0.2) is 0 Å². The highest BCUT2D eigenvalue weighted by molar-refractivity contribution is 9.11. The average Bonchev–Trinajstić information content (AvgIpc) is 3.06. The summed E-state index contributed by atoms with van der Waals surface area (Å²) >= 11 is 5.52. The number of hydrogen-bond acceptors (Lipinski definition) is 3. The number of nitrogens with one attached hydrogen (secondary N) is 1. The lowest BCUT2D eigenvalue weighted by molar-refractivity contribution is 0.449. The van der Waals surface area contributed by atoms with Crippen LogP contribution in [0.2, 0.25) is 0 Å². The van der Waals surface area contributed by atoms with Crippen LogP contribution in [0.25, 0.3) is 0 Å². The minimum Gasteiger partial charge on any atom is -0.337 e. The van der Waals surface area contributed by atoms with Crippen molar-refractivity contribution in [2.24, 2.45) is 0 Å². The van der Waals surface area contributed by atoms with Gasteiger partial charge in [-0.2, -0.15) is 0 Å². The lowest BCUT2D eigenvalue weighted by atomic mass is 9.94. The van der Waals surface area contributed by atoms with E-state index in [-0.39, 0.29) is 0 Å². The molecule has 2 heterocycles. The topological polar surface area (TPSA) is 29.9 Å². The molecule has 0 aromatic carbocycles. The summed E-state index contributed by atoms with van der Waals surface area (Å²) < 4.78 is 3.42. The van der Waals surface area contributed by atoms with Crippen LogP contribution >= 0.6 is 27.3 Å². The molecule has 1 unspecified atom stereocenters. The first-order valence-electron chi connectivity index (χ1n) is 7.30. The zero-order valence-electron chi connectivity index (χ0n) is 11.5. The first kappa shape index (κ1) is 14.3. The molecule has 1 N–H and O–H groups in total. The van der Waals surface area contributed by atoms with Crippen LogP contribution in [-0.2, 0) is 13.0 Å². The zero-order chi connectivity index (χ0) is 13.8. The number of aromatic nitrogens is 2. The fourth-order valence-electron chi connectivity index (χ4n) is 2.85. The Labute approximate surface area is 132 Å². The van der Waals surface area contributed by atoms with Crippen LogP contribution in [0.4, 0.5) is 0 Å². The van der Waals surface area contributed by atoms with E-state index in [1.165, 1.54) is 41.5 Å². The van der Waals surface area contributed by atoms with Crippen LogP contribution < -0.4 is 5.32 Å². The zero-order valence-corrected chi connectivity index (χ0v) is 13.9. The molecule has 1 atom stereocenters. The van der Waals surface area contributed by atoms with Gasteiger partial charge in [0.2, 0.25) is 0 Å². The van der Waals surface area contributed by atoms with E-state index in [0.717, 1.165) is 13.1 Å². The second kappa shape index (κ2) is 6.87. The van der Waals surface area contributed by atoms with E-state index in [4.69, 9.17) is 0 Å². The van der Waals surface area contributed by atoms with Crippen LogP contribution in [0.1, 0.15) is 42.2 Å². The highest BCUT2D eigenvalue weighted by Crippen LogP contribution is 2.37. The number of thiophene rings is 1. The molecule has 0 saturated heterocycles. The summed E-state index contributed by atoms with van der Waals surface area (Å²) in [6.07, 6.45) is 12.0. The van der Waals surface area contributed by atoms with Crippen molar-refractivity contribution in [2.45, 2.75) is 44.7 Å². The molecule has 5 heteroatoms. The van der Waals surface area contributed by atoms with E-state index in [2.05, 4.69) is 36.9 Å². The van der Waals surface area contributed by atoms with Gasteiger partial charge in [-0.3, -0.25) is 0 Å². The molecule has 20 heavy (non-hydrogen) atoms. The summed E-state index contributed by atoms with van der Waals surface area (Å²) in [7, 11) is 0. The van der Waals surface area contributed by atoms with Gasteiger partial charge in [-0.15, -0.1) is 11.3 Å². The van der Waals surface area contributed by atoms with Crippen molar-refractivity contribution >= 4 is 27.3 Å². The van der Waals surface area contributed by atoms with Gasteiger partial charge in [-0.05, 0) is 66.2 Å². The minimum absolute atomic E-state index is 0.564. The SMILES string of the molecule is Brc1cc2c(s1)CCCC2NCCCCn1ccnc1. The third kappa shape index (κ3) is 3.51. The number of halogens is 1. The summed E-state index contributed by atoms with van der Waals surface area (Å²) in [5, 5.41) is 3.73. The van der Waals surface area contributed by atoms with E-state index in [1.807, 2.05) is 30.1 Å². The molecule has 0 bridgehead atoms. The van der Waals surface area contributed by atoms with Gasteiger partial charge in [-0.25, -0.2) is 4.98 Å². The van der Waals surface area contributed by atoms with Crippen molar-refractivity contribution in [3.63, 3.8) is 0 Å². The summed E-state index contributed by atoms with van der Waals surface area (Å²) in [4.78, 5) is 5.63. The number of hydrogen-bond donors (Lipinski definition) is 1. The number of unbranched alkanes of at least 4 members (excludes halogenated alkanes) is 1. The standard InChI is InChI=1S/C15H20BrN3S/c16-15-10-12-13(4-3-5-14(12)20-15)18-6-1-2-8-19-9-7-17-11-19/h7,9-11,13,18H,1-6,8H2. The number of nitrogens with zero attached hydrogens (tertiary/aromatic N) is 2. The first-order valence-corrected chi connectivity index (χ1v) is 8.91. The second-order valence-electron chi connectivity index (χ2n) is 5.34. The number of aryl methyl sites for hydroxylation is 2. The molecule has 2 aromatic rings. The third-order valence-corrected chi connectivity index (χ3v) is 5.59. The van der Waals surface area contributed by atoms with Crippen molar-refractivity contribution in [3.05, 3.63) is 39.0 Å². The molecule has 0 aliphatic heterocycles. The van der Waals surface area contributed by atoms with Crippen molar-refractivity contribution in [2.75, 3.05) is 6.54 Å². The van der Waals surface area contributed by atoms with Gasteiger partial charge in [0.1, 0.15) is 0 Å². The fraction of sp³-hybridized carbons (Fsp3) is 0.533. The van der Waals surface area contributed by atoms with Crippen molar-refractivity contribution in [1.82, 2.24) is 14.9 Å². The quantitative estimate of drug-likeness (QED) is 0.790. The lowest BCUT2D eigenvalue weighted by Gasteiger charge is -2.23. The summed E-state index contributed by atoms with van der Waals surface area (Å²) in [5.74, 6) is 0. The molecule has 1 aliphatic rings. The fourth-order valence-corrected chi connectivity index (χ4v) is 4.67. The van der Waals surface area contributed by atoms with Gasteiger partial charge in [0.05, 0.1) is 10.1 Å². The maximum Gasteiger partial charge on any atom is 0.0945 e.